The minimum Gasteiger partial charge on any atom is -0.289 e. The quantitative estimate of drug-likeness (QED) is 0.736. The third-order valence-corrected chi connectivity index (χ3v) is 3.24. The van der Waals surface area contributed by atoms with E-state index in [1.165, 1.54) is 0 Å². The summed E-state index contributed by atoms with van der Waals surface area (Å²) in [7, 11) is 0. The Hall–Kier alpha value is -1.90. The van der Waals surface area contributed by atoms with E-state index in [0.29, 0.717) is 0 Å². The van der Waals surface area contributed by atoms with E-state index in [-0.39, 0.29) is 5.91 Å². The molecule has 1 aliphatic rings. The lowest BCUT2D eigenvalue weighted by Crippen LogP contribution is -2.03. The summed E-state index contributed by atoms with van der Waals surface area (Å²) in [5.41, 5.74) is 3.24. The van der Waals surface area contributed by atoms with E-state index in [1.807, 2.05) is 24.4 Å². The molecule has 1 aliphatic heterocycles. The zero-order chi connectivity index (χ0) is 11.8. The molecule has 1 aromatic carbocycles. The third-order valence-electron chi connectivity index (χ3n) is 3.24. The van der Waals surface area contributed by atoms with Crippen molar-refractivity contribution in [3.8, 4) is 0 Å². The van der Waals surface area contributed by atoms with Crippen molar-refractivity contribution >= 4 is 22.5 Å². The van der Waals surface area contributed by atoms with Gasteiger partial charge >= 0.3 is 0 Å². The molecular weight excluding hydrogens is 212 g/mol. The first-order chi connectivity index (χ1) is 8.27. The van der Waals surface area contributed by atoms with Crippen LogP contribution in [0.25, 0.3) is 10.9 Å². The van der Waals surface area contributed by atoms with Gasteiger partial charge in [-0.15, -0.1) is 0 Å². The molecule has 17 heavy (non-hydrogen) atoms. The minimum atomic E-state index is 0.0473. The number of aromatic nitrogens is 1. The normalized spacial score (nSPS) is 15.2. The van der Waals surface area contributed by atoms with Gasteiger partial charge in [0.25, 0.3) is 0 Å². The fourth-order valence-corrected chi connectivity index (χ4v) is 2.43. The lowest BCUT2D eigenvalue weighted by atomic mass is 10.1. The average Bonchev–Trinajstić information content (AvgIpc) is 2.95. The summed E-state index contributed by atoms with van der Waals surface area (Å²) in [6, 6.07) is 8.01. The highest BCUT2D eigenvalue weighted by molar-refractivity contribution is 6.13. The summed E-state index contributed by atoms with van der Waals surface area (Å²) < 4.78 is 1.71. The lowest BCUT2D eigenvalue weighted by Gasteiger charge is -1.97. The number of hydrogen-bond acceptors (Lipinski definition) is 2. The van der Waals surface area contributed by atoms with E-state index in [9.17, 15) is 4.79 Å². The Morgan fingerprint density at radius 1 is 1.35 bits per heavy atom. The zero-order valence-electron chi connectivity index (χ0n) is 9.81. The second kappa shape index (κ2) is 3.84. The van der Waals surface area contributed by atoms with Crippen LogP contribution in [-0.2, 0) is 0 Å². The average molecular weight is 226 g/mol. The van der Waals surface area contributed by atoms with Gasteiger partial charge in [0, 0.05) is 36.3 Å². The van der Waals surface area contributed by atoms with Crippen molar-refractivity contribution < 1.29 is 4.79 Å². The largest absolute Gasteiger partial charge is 0.289 e. The first-order valence-electron chi connectivity index (χ1n) is 5.92. The van der Waals surface area contributed by atoms with E-state index in [2.05, 4.69) is 11.1 Å². The molecule has 0 fully saturated rings. The Labute approximate surface area is 99.8 Å². The summed E-state index contributed by atoms with van der Waals surface area (Å²) in [6.07, 6.45) is 4.07. The van der Waals surface area contributed by atoms with Crippen LogP contribution in [-0.4, -0.2) is 22.7 Å². The third kappa shape index (κ3) is 1.58. The zero-order valence-corrected chi connectivity index (χ0v) is 9.81. The van der Waals surface area contributed by atoms with Gasteiger partial charge < -0.3 is 0 Å². The number of nitrogens with zero attached hydrogens (tertiary/aromatic N) is 2. The van der Waals surface area contributed by atoms with Gasteiger partial charge in [0.15, 0.2) is 0 Å². The van der Waals surface area contributed by atoms with E-state index < -0.39 is 0 Å². The molecule has 2 heterocycles. The summed E-state index contributed by atoms with van der Waals surface area (Å²) in [6.45, 7) is 2.50. The summed E-state index contributed by atoms with van der Waals surface area (Å²) in [4.78, 5) is 16.1. The van der Waals surface area contributed by atoms with Crippen LogP contribution in [0.15, 0.2) is 35.5 Å². The molecule has 3 heteroatoms. The van der Waals surface area contributed by atoms with E-state index >= 15 is 0 Å². The smallest absolute Gasteiger partial charge is 0.227 e. The fourth-order valence-electron chi connectivity index (χ4n) is 2.43. The molecule has 0 atom stereocenters. The number of benzene rings is 1. The number of rotatable bonds is 1. The lowest BCUT2D eigenvalue weighted by molar-refractivity contribution is 0.0941. The van der Waals surface area contributed by atoms with Gasteiger partial charge in [0.1, 0.15) is 0 Å². The fraction of sp³-hybridized carbons (Fsp3) is 0.286. The van der Waals surface area contributed by atoms with Crippen LogP contribution in [0.3, 0.4) is 0 Å². The second-order valence-corrected chi connectivity index (χ2v) is 4.38. The molecule has 0 amide bonds. The maximum absolute atomic E-state index is 11.6. The van der Waals surface area contributed by atoms with Crippen LogP contribution in [0.5, 0.6) is 0 Å². The van der Waals surface area contributed by atoms with Gasteiger partial charge in [0.05, 0.1) is 5.52 Å². The Balaban J connectivity index is 2.28. The van der Waals surface area contributed by atoms with Crippen molar-refractivity contribution in [2.24, 2.45) is 4.99 Å². The molecule has 0 aliphatic carbocycles. The van der Waals surface area contributed by atoms with Gasteiger partial charge in [-0.2, -0.15) is 0 Å². The molecule has 0 saturated heterocycles. The first-order valence-corrected chi connectivity index (χ1v) is 5.92. The van der Waals surface area contributed by atoms with Gasteiger partial charge in [-0.1, -0.05) is 18.2 Å². The van der Waals surface area contributed by atoms with Crippen LogP contribution in [0, 0.1) is 0 Å². The van der Waals surface area contributed by atoms with Crippen molar-refractivity contribution in [3.05, 3.63) is 36.0 Å². The topological polar surface area (TPSA) is 34.4 Å². The number of carbonyl (C=O) groups excluding carboxylic acids is 1. The van der Waals surface area contributed by atoms with Crippen molar-refractivity contribution in [2.75, 3.05) is 6.54 Å². The highest BCUT2D eigenvalue weighted by Crippen LogP contribution is 2.25. The van der Waals surface area contributed by atoms with Crippen molar-refractivity contribution in [1.29, 1.82) is 0 Å². The summed E-state index contributed by atoms with van der Waals surface area (Å²) >= 11 is 0. The summed E-state index contributed by atoms with van der Waals surface area (Å²) in [5, 5.41) is 1.13. The highest BCUT2D eigenvalue weighted by Gasteiger charge is 2.16. The maximum Gasteiger partial charge on any atom is 0.227 e. The molecular formula is C14H14N2O. The standard InChI is InChI=1S/C14H14N2O/c1-10(17)16-9-12(13-6-4-8-15-13)11-5-2-3-7-14(11)16/h2-3,5,7,9H,4,6,8H2,1H3. The van der Waals surface area contributed by atoms with Crippen LogP contribution >= 0.6 is 0 Å². The number of para-hydroxylation sites is 1. The predicted octanol–water partition coefficient (Wildman–Crippen LogP) is 2.88. The monoisotopic (exact) mass is 226 g/mol. The van der Waals surface area contributed by atoms with Crippen LogP contribution in [0.1, 0.15) is 30.1 Å². The van der Waals surface area contributed by atoms with Gasteiger partial charge in [-0.3, -0.25) is 14.4 Å². The Morgan fingerprint density at radius 3 is 2.88 bits per heavy atom. The number of fused-ring (bicyclic) bond motifs is 1. The molecule has 0 saturated carbocycles. The van der Waals surface area contributed by atoms with E-state index in [4.69, 9.17) is 0 Å². The molecule has 0 bridgehead atoms. The summed E-state index contributed by atoms with van der Waals surface area (Å²) in [5.74, 6) is 0.0473. The minimum absolute atomic E-state index is 0.0473. The SMILES string of the molecule is CC(=O)n1cc(C2=NCCC2)c2ccccc21. The molecule has 3 rings (SSSR count). The molecule has 3 nitrogen and oxygen atoms in total. The number of aliphatic imine (C=N–C) groups is 1. The molecule has 0 spiro atoms. The van der Waals surface area contributed by atoms with Crippen molar-refractivity contribution in [1.82, 2.24) is 4.57 Å². The Bertz CT molecular complexity index is 622. The van der Waals surface area contributed by atoms with Crippen LogP contribution in [0.2, 0.25) is 0 Å². The van der Waals surface area contributed by atoms with Gasteiger partial charge in [-0.25, -0.2) is 0 Å². The van der Waals surface area contributed by atoms with Gasteiger partial charge in [0.2, 0.25) is 5.91 Å². The molecule has 0 N–H and O–H groups in total. The van der Waals surface area contributed by atoms with E-state index in [0.717, 1.165) is 41.6 Å². The van der Waals surface area contributed by atoms with Crippen LogP contribution < -0.4 is 0 Å². The van der Waals surface area contributed by atoms with Crippen molar-refractivity contribution in [2.45, 2.75) is 19.8 Å². The number of carbonyl (C=O) groups is 1. The molecule has 1 aromatic heterocycles. The molecule has 0 radical (unpaired) electrons. The second-order valence-electron chi connectivity index (χ2n) is 4.38. The highest BCUT2D eigenvalue weighted by atomic mass is 16.1. The molecule has 0 unspecified atom stereocenters. The number of hydrogen-bond donors (Lipinski definition) is 0. The Morgan fingerprint density at radius 2 is 2.18 bits per heavy atom. The molecule has 2 aromatic rings. The molecule has 86 valence electrons. The maximum atomic E-state index is 11.6. The van der Waals surface area contributed by atoms with E-state index in [1.54, 1.807) is 11.5 Å². The first kappa shape index (κ1) is 10.3. The Kier molecular flexibility index (Phi) is 2.32. The van der Waals surface area contributed by atoms with Gasteiger partial charge in [-0.05, 0) is 18.9 Å². The van der Waals surface area contributed by atoms with Crippen molar-refractivity contribution in [3.63, 3.8) is 0 Å². The van der Waals surface area contributed by atoms with Crippen LogP contribution in [0.4, 0.5) is 0 Å². The predicted molar refractivity (Wildman–Crippen MR) is 68.9 cm³/mol.